The van der Waals surface area contributed by atoms with Gasteiger partial charge < -0.3 is 20.2 Å². The molecule has 1 unspecified atom stereocenters. The molecule has 36 heavy (non-hydrogen) atoms. The largest absolute Gasteiger partial charge is 0.507 e. The number of phenolic OH excluding ortho intramolecular Hbond substituents is 1. The van der Waals surface area contributed by atoms with Crippen molar-refractivity contribution in [3.05, 3.63) is 51.7 Å². The maximum Gasteiger partial charge on any atom is 0.350 e. The van der Waals surface area contributed by atoms with Gasteiger partial charge in [-0.1, -0.05) is 17.7 Å². The zero-order chi connectivity index (χ0) is 25.4. The number of benzene rings is 2. The Morgan fingerprint density at radius 3 is 2.89 bits per heavy atom. The maximum atomic E-state index is 14.8. The fourth-order valence-electron chi connectivity index (χ4n) is 5.35. The predicted octanol–water partition coefficient (Wildman–Crippen LogP) is 3.35. The number of aromatic nitrogens is 2. The van der Waals surface area contributed by atoms with Gasteiger partial charge in [0.2, 0.25) is 0 Å². The average molecular weight is 511 g/mol. The van der Waals surface area contributed by atoms with Gasteiger partial charge in [0.05, 0.1) is 23.6 Å². The van der Waals surface area contributed by atoms with Gasteiger partial charge in [-0.3, -0.25) is 4.57 Å². The van der Waals surface area contributed by atoms with E-state index in [1.54, 1.807) is 16.7 Å². The number of aromatic hydroxyl groups is 1. The molecule has 2 aromatic carbocycles. The molecule has 5 rings (SSSR count). The summed E-state index contributed by atoms with van der Waals surface area (Å²) in [5.74, 6) is -0.325. The number of hydrogen-bond acceptors (Lipinski definition) is 7. The molecule has 0 spiro atoms. The minimum absolute atomic E-state index is 0.00370. The predicted molar refractivity (Wildman–Crippen MR) is 138 cm³/mol. The number of nitrogens with one attached hydrogen (secondary N) is 1. The number of hydrogen-bond donors (Lipinski definition) is 2. The van der Waals surface area contributed by atoms with E-state index in [1.807, 2.05) is 11.9 Å². The lowest BCUT2D eigenvalue weighted by atomic mass is 10.0. The van der Waals surface area contributed by atoms with Gasteiger partial charge in [0.1, 0.15) is 17.4 Å². The molecule has 0 saturated carbocycles. The highest BCUT2D eigenvalue weighted by Crippen LogP contribution is 2.40. The smallest absolute Gasteiger partial charge is 0.350 e. The molecule has 3 heterocycles. The zero-order valence-electron chi connectivity index (χ0n) is 20.0. The summed E-state index contributed by atoms with van der Waals surface area (Å²) >= 11 is 6.68. The van der Waals surface area contributed by atoms with Crippen LogP contribution in [0.5, 0.6) is 5.75 Å². The number of phenols is 1. The Balaban J connectivity index is 1.71. The SMILES string of the molecule is CN1CCCC1Cn1c(=O)nc(N2CCN[C@@H](CC#N)C2)c2cc(Cl)c(-c3c(O)cccc3F)cc21. The van der Waals surface area contributed by atoms with Crippen molar-refractivity contribution in [2.75, 3.05) is 38.1 Å². The van der Waals surface area contributed by atoms with E-state index in [0.29, 0.717) is 54.9 Å². The summed E-state index contributed by atoms with van der Waals surface area (Å²) in [5.41, 5.74) is 0.505. The highest BCUT2D eigenvalue weighted by atomic mass is 35.5. The summed E-state index contributed by atoms with van der Waals surface area (Å²) < 4.78 is 16.4. The van der Waals surface area contributed by atoms with Crippen LogP contribution in [0.3, 0.4) is 0 Å². The standard InChI is InChI=1S/C26H28ClFN6O2/c1-32-10-3-4-17(32)15-34-22-13-18(24-21(28)5-2-6-23(24)35)20(27)12-19(22)25(31-26(34)36)33-11-9-30-16(14-33)7-8-29/h2,5-6,12-13,16-17,30,35H,3-4,7,9-11,14-15H2,1H3/t16-,17?/m0/s1. The summed E-state index contributed by atoms with van der Waals surface area (Å²) in [6, 6.07) is 9.83. The summed E-state index contributed by atoms with van der Waals surface area (Å²) in [5, 5.41) is 23.8. The molecule has 188 valence electrons. The molecular weight excluding hydrogens is 483 g/mol. The van der Waals surface area contributed by atoms with Gasteiger partial charge in [-0.05, 0) is 50.7 Å². The van der Waals surface area contributed by atoms with Gasteiger partial charge in [0.15, 0.2) is 0 Å². The van der Waals surface area contributed by atoms with Crippen LogP contribution in [0.2, 0.25) is 5.02 Å². The van der Waals surface area contributed by atoms with Gasteiger partial charge in [0.25, 0.3) is 0 Å². The fraction of sp³-hybridized carbons (Fsp3) is 0.423. The lowest BCUT2D eigenvalue weighted by Gasteiger charge is -2.34. The van der Waals surface area contributed by atoms with Crippen molar-refractivity contribution in [1.29, 1.82) is 5.26 Å². The first-order chi connectivity index (χ1) is 17.4. The number of rotatable bonds is 5. The van der Waals surface area contributed by atoms with Gasteiger partial charge in [-0.2, -0.15) is 10.2 Å². The number of nitrogens with zero attached hydrogens (tertiary/aromatic N) is 5. The van der Waals surface area contributed by atoms with E-state index >= 15 is 0 Å². The van der Waals surface area contributed by atoms with Crippen LogP contribution in [-0.2, 0) is 6.54 Å². The Morgan fingerprint density at radius 2 is 2.17 bits per heavy atom. The second kappa shape index (κ2) is 10.1. The lowest BCUT2D eigenvalue weighted by molar-refractivity contribution is 0.281. The third kappa shape index (κ3) is 4.52. The van der Waals surface area contributed by atoms with Gasteiger partial charge in [-0.15, -0.1) is 0 Å². The molecule has 0 aliphatic carbocycles. The van der Waals surface area contributed by atoms with E-state index in [2.05, 4.69) is 21.3 Å². The van der Waals surface area contributed by atoms with E-state index in [9.17, 15) is 14.3 Å². The van der Waals surface area contributed by atoms with E-state index in [-0.39, 0.29) is 34.1 Å². The van der Waals surface area contributed by atoms with Crippen molar-refractivity contribution in [2.45, 2.75) is 37.9 Å². The van der Waals surface area contributed by atoms with Gasteiger partial charge in [0, 0.05) is 54.2 Å². The number of nitriles is 1. The van der Waals surface area contributed by atoms with E-state index in [0.717, 1.165) is 19.4 Å². The first-order valence-corrected chi connectivity index (χ1v) is 12.5. The maximum absolute atomic E-state index is 14.8. The molecule has 10 heteroatoms. The molecule has 2 atom stereocenters. The van der Waals surface area contributed by atoms with Gasteiger partial charge >= 0.3 is 5.69 Å². The van der Waals surface area contributed by atoms with Crippen molar-refractivity contribution in [3.63, 3.8) is 0 Å². The van der Waals surface area contributed by atoms with Crippen molar-refractivity contribution < 1.29 is 9.50 Å². The van der Waals surface area contributed by atoms with E-state index in [4.69, 9.17) is 16.9 Å². The highest BCUT2D eigenvalue weighted by Gasteiger charge is 2.27. The summed E-state index contributed by atoms with van der Waals surface area (Å²) in [6.45, 7) is 3.21. The zero-order valence-corrected chi connectivity index (χ0v) is 20.8. The molecule has 0 amide bonds. The molecule has 0 bridgehead atoms. The molecule has 3 aromatic rings. The quantitative estimate of drug-likeness (QED) is 0.543. The molecule has 8 nitrogen and oxygen atoms in total. The number of likely N-dealkylation sites (N-methyl/N-ethyl adjacent to an activating group) is 1. The Morgan fingerprint density at radius 1 is 1.33 bits per heavy atom. The molecule has 2 saturated heterocycles. The number of halogens is 2. The molecule has 2 aliphatic heterocycles. The second-order valence-electron chi connectivity index (χ2n) is 9.55. The Hall–Kier alpha value is -3.19. The minimum atomic E-state index is -0.601. The monoisotopic (exact) mass is 510 g/mol. The molecule has 2 N–H and O–H groups in total. The van der Waals surface area contributed by atoms with Crippen LogP contribution in [0.1, 0.15) is 19.3 Å². The molecule has 2 fully saturated rings. The van der Waals surface area contributed by atoms with Crippen LogP contribution < -0.4 is 15.9 Å². The van der Waals surface area contributed by atoms with Crippen molar-refractivity contribution in [3.8, 4) is 22.9 Å². The topological polar surface area (TPSA) is 97.4 Å². The third-order valence-electron chi connectivity index (χ3n) is 7.27. The fourth-order valence-corrected chi connectivity index (χ4v) is 5.61. The van der Waals surface area contributed by atoms with Crippen molar-refractivity contribution in [1.82, 2.24) is 19.8 Å². The Bertz CT molecular complexity index is 1380. The number of anilines is 1. The average Bonchev–Trinajstić information content (AvgIpc) is 3.26. The van der Waals surface area contributed by atoms with E-state index in [1.165, 1.54) is 18.2 Å². The first kappa shape index (κ1) is 24.5. The van der Waals surface area contributed by atoms with Crippen molar-refractivity contribution >= 4 is 28.3 Å². The number of fused-ring (bicyclic) bond motifs is 1. The Kier molecular flexibility index (Phi) is 6.84. The molecule has 0 radical (unpaired) electrons. The van der Waals surface area contributed by atoms with Crippen LogP contribution in [0.25, 0.3) is 22.0 Å². The van der Waals surface area contributed by atoms with Crippen LogP contribution in [-0.4, -0.2) is 64.9 Å². The normalized spacial score (nSPS) is 20.7. The summed E-state index contributed by atoms with van der Waals surface area (Å²) in [6.07, 6.45) is 2.37. The van der Waals surface area contributed by atoms with Gasteiger partial charge in [-0.25, -0.2) is 9.18 Å². The Labute approximate surface area is 213 Å². The minimum Gasteiger partial charge on any atom is -0.507 e. The van der Waals surface area contributed by atoms with Crippen LogP contribution in [0.4, 0.5) is 10.2 Å². The lowest BCUT2D eigenvalue weighted by Crippen LogP contribution is -2.51. The molecule has 1 aromatic heterocycles. The van der Waals surface area contributed by atoms with Crippen molar-refractivity contribution in [2.24, 2.45) is 0 Å². The molecule has 2 aliphatic rings. The highest BCUT2D eigenvalue weighted by molar-refractivity contribution is 6.34. The summed E-state index contributed by atoms with van der Waals surface area (Å²) in [4.78, 5) is 22.2. The summed E-state index contributed by atoms with van der Waals surface area (Å²) in [7, 11) is 2.04. The second-order valence-corrected chi connectivity index (χ2v) is 9.95. The van der Waals surface area contributed by atoms with Crippen LogP contribution in [0, 0.1) is 17.1 Å². The van der Waals surface area contributed by atoms with Crippen LogP contribution >= 0.6 is 11.6 Å². The first-order valence-electron chi connectivity index (χ1n) is 12.1. The number of likely N-dealkylation sites (tertiary alicyclic amines) is 1. The molecular formula is C26H28ClFN6O2. The van der Waals surface area contributed by atoms with Crippen LogP contribution in [0.15, 0.2) is 35.1 Å². The van der Waals surface area contributed by atoms with E-state index < -0.39 is 5.82 Å². The third-order valence-corrected chi connectivity index (χ3v) is 7.58. The number of piperazine rings is 1.